The van der Waals surface area contributed by atoms with E-state index in [0.717, 1.165) is 43.3 Å². The summed E-state index contributed by atoms with van der Waals surface area (Å²) in [5.74, 6) is 1.18. The molecule has 0 aliphatic heterocycles. The Bertz CT molecular complexity index is 519. The van der Waals surface area contributed by atoms with Gasteiger partial charge in [0.15, 0.2) is 0 Å². The highest BCUT2D eigenvalue weighted by Crippen LogP contribution is 2.14. The molecule has 0 amide bonds. The third kappa shape index (κ3) is 4.33. The van der Waals surface area contributed by atoms with Crippen LogP contribution >= 0.6 is 0 Å². The van der Waals surface area contributed by atoms with Gasteiger partial charge in [-0.1, -0.05) is 13.8 Å². The van der Waals surface area contributed by atoms with Crippen LogP contribution in [0, 0.1) is 6.92 Å². The van der Waals surface area contributed by atoms with Crippen LogP contribution in [0.15, 0.2) is 24.8 Å². The quantitative estimate of drug-likeness (QED) is 0.788. The number of hydrogen-bond donors (Lipinski definition) is 1. The summed E-state index contributed by atoms with van der Waals surface area (Å²) in [6.07, 6.45) is 7.86. The molecule has 0 atom stereocenters. The molecule has 0 unspecified atom stereocenters. The average Bonchev–Trinajstić information content (AvgIpc) is 2.91. The van der Waals surface area contributed by atoms with Crippen molar-refractivity contribution >= 4 is 5.95 Å². The first-order valence-corrected chi connectivity index (χ1v) is 7.20. The normalized spacial score (nSPS) is 11.0. The Balaban J connectivity index is 1.76. The summed E-state index contributed by atoms with van der Waals surface area (Å²) in [7, 11) is 0. The maximum atomic E-state index is 4.54. The van der Waals surface area contributed by atoms with Crippen LogP contribution in [0.3, 0.4) is 0 Å². The lowest BCUT2D eigenvalue weighted by molar-refractivity contribution is 0.620. The molecule has 0 fully saturated rings. The maximum Gasteiger partial charge on any atom is 0.223 e. The number of rotatable bonds is 7. The van der Waals surface area contributed by atoms with Gasteiger partial charge < -0.3 is 9.88 Å². The number of hydrogen-bond acceptors (Lipinski definition) is 4. The molecule has 2 heterocycles. The predicted molar refractivity (Wildman–Crippen MR) is 80.8 cm³/mol. The lowest BCUT2D eigenvalue weighted by Crippen LogP contribution is -2.09. The fourth-order valence-electron chi connectivity index (χ4n) is 2.01. The Hall–Kier alpha value is -1.91. The molecule has 0 saturated heterocycles. The van der Waals surface area contributed by atoms with Crippen molar-refractivity contribution in [1.82, 2.24) is 19.5 Å². The Morgan fingerprint density at radius 2 is 2.10 bits per heavy atom. The van der Waals surface area contributed by atoms with Crippen LogP contribution < -0.4 is 5.32 Å². The Morgan fingerprint density at radius 3 is 2.80 bits per heavy atom. The van der Waals surface area contributed by atoms with Crippen molar-refractivity contribution in [3.8, 4) is 0 Å². The van der Waals surface area contributed by atoms with Gasteiger partial charge in [0.05, 0.1) is 6.33 Å². The maximum absolute atomic E-state index is 4.54. The number of imidazole rings is 1. The van der Waals surface area contributed by atoms with E-state index in [1.807, 2.05) is 25.6 Å². The molecule has 5 nitrogen and oxygen atoms in total. The van der Waals surface area contributed by atoms with Gasteiger partial charge in [-0.05, 0) is 31.7 Å². The van der Waals surface area contributed by atoms with E-state index in [1.165, 1.54) is 0 Å². The van der Waals surface area contributed by atoms with E-state index in [0.29, 0.717) is 5.92 Å². The van der Waals surface area contributed by atoms with Gasteiger partial charge in [0.1, 0.15) is 0 Å². The molecule has 0 saturated carbocycles. The second-order valence-corrected chi connectivity index (χ2v) is 5.35. The fourth-order valence-corrected chi connectivity index (χ4v) is 2.01. The summed E-state index contributed by atoms with van der Waals surface area (Å²) in [5.41, 5.74) is 2.11. The molecule has 5 heteroatoms. The Kier molecular flexibility index (Phi) is 5.09. The van der Waals surface area contributed by atoms with E-state index in [2.05, 4.69) is 44.7 Å². The molecule has 0 aliphatic rings. The van der Waals surface area contributed by atoms with Crippen LogP contribution in [-0.4, -0.2) is 26.1 Å². The minimum atomic E-state index is 0.429. The summed E-state index contributed by atoms with van der Waals surface area (Å²) in [6.45, 7) is 8.22. The highest BCUT2D eigenvalue weighted by Gasteiger charge is 2.05. The molecule has 1 N–H and O–H groups in total. The van der Waals surface area contributed by atoms with E-state index >= 15 is 0 Å². The van der Waals surface area contributed by atoms with Crippen molar-refractivity contribution in [3.63, 3.8) is 0 Å². The first-order chi connectivity index (χ1) is 9.65. The van der Waals surface area contributed by atoms with Crippen molar-refractivity contribution in [2.24, 2.45) is 0 Å². The zero-order valence-electron chi connectivity index (χ0n) is 12.5. The molecule has 2 aromatic heterocycles. The Morgan fingerprint density at radius 1 is 1.25 bits per heavy atom. The van der Waals surface area contributed by atoms with Crippen LogP contribution in [0.2, 0.25) is 0 Å². The van der Waals surface area contributed by atoms with E-state index < -0.39 is 0 Å². The minimum absolute atomic E-state index is 0.429. The third-order valence-electron chi connectivity index (χ3n) is 3.15. The smallest absolute Gasteiger partial charge is 0.223 e. The first kappa shape index (κ1) is 14.5. The number of unbranched alkanes of at least 4 members (excludes halogenated alkanes) is 1. The molecule has 0 aliphatic carbocycles. The lowest BCUT2D eigenvalue weighted by Gasteiger charge is -2.10. The van der Waals surface area contributed by atoms with Crippen molar-refractivity contribution in [2.75, 3.05) is 11.9 Å². The number of nitrogens with one attached hydrogen (secondary N) is 1. The topological polar surface area (TPSA) is 55.6 Å². The van der Waals surface area contributed by atoms with Crippen LogP contribution in [0.5, 0.6) is 0 Å². The van der Waals surface area contributed by atoms with Gasteiger partial charge in [0, 0.05) is 36.9 Å². The van der Waals surface area contributed by atoms with Crippen molar-refractivity contribution < 1.29 is 0 Å². The van der Waals surface area contributed by atoms with Gasteiger partial charge in [-0.25, -0.2) is 15.0 Å². The van der Waals surface area contributed by atoms with Gasteiger partial charge in [0.2, 0.25) is 5.95 Å². The monoisotopic (exact) mass is 273 g/mol. The summed E-state index contributed by atoms with van der Waals surface area (Å²) in [5, 5.41) is 3.31. The molecule has 108 valence electrons. The van der Waals surface area contributed by atoms with Crippen LogP contribution in [0.25, 0.3) is 0 Å². The SMILES string of the molecule is Cc1cc(C(C)C)nc(NCCCCn2ccnc2)n1. The number of aromatic nitrogens is 4. The standard InChI is InChI=1S/C15H23N5/c1-12(2)14-10-13(3)18-15(19-14)17-6-4-5-8-20-9-7-16-11-20/h7,9-12H,4-6,8H2,1-3H3,(H,17,18,19). The van der Waals surface area contributed by atoms with Gasteiger partial charge >= 0.3 is 0 Å². The fraction of sp³-hybridized carbons (Fsp3) is 0.533. The van der Waals surface area contributed by atoms with E-state index in [-0.39, 0.29) is 0 Å². The van der Waals surface area contributed by atoms with E-state index in [9.17, 15) is 0 Å². The molecular weight excluding hydrogens is 250 g/mol. The van der Waals surface area contributed by atoms with Gasteiger partial charge in [-0.15, -0.1) is 0 Å². The highest BCUT2D eigenvalue weighted by atomic mass is 15.1. The number of anilines is 1. The van der Waals surface area contributed by atoms with Gasteiger partial charge in [-0.3, -0.25) is 0 Å². The predicted octanol–water partition coefficient (Wildman–Crippen LogP) is 3.00. The summed E-state index contributed by atoms with van der Waals surface area (Å²) in [6, 6.07) is 2.05. The molecule has 0 spiro atoms. The molecule has 2 aromatic rings. The number of nitrogens with zero attached hydrogens (tertiary/aromatic N) is 4. The minimum Gasteiger partial charge on any atom is -0.354 e. The number of aryl methyl sites for hydroxylation is 2. The summed E-state index contributed by atoms with van der Waals surface area (Å²) >= 11 is 0. The molecular formula is C15H23N5. The van der Waals surface area contributed by atoms with E-state index in [1.54, 1.807) is 0 Å². The Labute approximate surface area is 120 Å². The second-order valence-electron chi connectivity index (χ2n) is 5.35. The second kappa shape index (κ2) is 7.03. The zero-order chi connectivity index (χ0) is 14.4. The average molecular weight is 273 g/mol. The third-order valence-corrected chi connectivity index (χ3v) is 3.15. The summed E-state index contributed by atoms with van der Waals surface area (Å²) in [4.78, 5) is 13.0. The largest absolute Gasteiger partial charge is 0.354 e. The molecule has 20 heavy (non-hydrogen) atoms. The highest BCUT2D eigenvalue weighted by molar-refractivity contribution is 5.28. The van der Waals surface area contributed by atoms with Gasteiger partial charge in [0.25, 0.3) is 0 Å². The van der Waals surface area contributed by atoms with Crippen molar-refractivity contribution in [3.05, 3.63) is 36.2 Å². The van der Waals surface area contributed by atoms with Crippen molar-refractivity contribution in [1.29, 1.82) is 0 Å². The van der Waals surface area contributed by atoms with Crippen LogP contribution in [0.4, 0.5) is 5.95 Å². The molecule has 0 bridgehead atoms. The zero-order valence-corrected chi connectivity index (χ0v) is 12.5. The van der Waals surface area contributed by atoms with Gasteiger partial charge in [-0.2, -0.15) is 0 Å². The van der Waals surface area contributed by atoms with Crippen LogP contribution in [-0.2, 0) is 6.54 Å². The molecule has 0 radical (unpaired) electrons. The van der Waals surface area contributed by atoms with E-state index in [4.69, 9.17) is 0 Å². The van der Waals surface area contributed by atoms with Crippen molar-refractivity contribution in [2.45, 2.75) is 46.1 Å². The van der Waals surface area contributed by atoms with Crippen LogP contribution in [0.1, 0.15) is 44.0 Å². The molecule has 0 aromatic carbocycles. The summed E-state index contributed by atoms with van der Waals surface area (Å²) < 4.78 is 2.10. The molecule has 2 rings (SSSR count). The lowest BCUT2D eigenvalue weighted by atomic mass is 10.1. The first-order valence-electron chi connectivity index (χ1n) is 7.20.